The van der Waals surface area contributed by atoms with Gasteiger partial charge in [0, 0.05) is 173 Å². The van der Waals surface area contributed by atoms with Crippen LogP contribution < -0.4 is 26.1 Å². The standard InChI is InChI=1S/C104H136N18O18/c1-63-17-12-11-13-18-64(2)86(133-8)54-78-28-22-69(7)104(132,139-78)95(128)99(130)121-34-15-14-21-81(121)100(131)137-87(66(4)49-70-24-30-83(124)88(51-70)134-9)55-84(125)65(3)48-68(6)93(127)94(135-10)91(67(5)47-63)115-140-79-20-16-19-74(52-79)82(123)29-25-72-56-107-102(108-57-72)119-42-40-117(41-43-119)89(126)33-45-136-46-44-116-36-38-118(39-37-116)103-109-58-77(59-110-103)98(129)120-35-32-73-50-71(23-26-76(73)61-120)60-122-97-90(96(105)111-62-112-97)92(114-122)75-27-31-85-80(53-75)113-101(106)138-85/h11-13,16-20,23,26-27,31,48,50,52-53,56-59,62-63,65-67,69-70,78,81,83-84,86-88,93-94,124-125,127,132H,14-15,21-22,24-25,28-30,32-47,49,51,54-55,60-61H2,1-10H3,(H2,106,113)(H2,105,111,112)/b13-11+,17-12+,64-18+,68-48+,115-91?/t63-,65-,66-,67-,69-,70+,78+,81+,83-,84-,86+,87+,88-,93-,94+,104-/m1/s1. The number of amides is 3. The number of fused-ring (bicyclic) bond motifs is 6. The summed E-state index contributed by atoms with van der Waals surface area (Å²) >= 11 is 0. The number of esters is 1. The molecule has 1 saturated carbocycles. The number of aliphatic hydroxyl groups excluding tert-OH is 3. The number of oxazole rings is 1. The van der Waals surface area contributed by atoms with Crippen LogP contribution in [0.25, 0.3) is 33.4 Å². The molecular weight excluding hydrogens is 1790 g/mol. The van der Waals surface area contributed by atoms with Crippen LogP contribution in [0, 0.1) is 35.5 Å². The summed E-state index contributed by atoms with van der Waals surface area (Å²) in [5.74, 6) is -5.96. The molecule has 3 aromatic carbocycles. The molecule has 2 bridgehead atoms. The highest BCUT2D eigenvalue weighted by atomic mass is 16.6. The Labute approximate surface area is 817 Å². The number of piperazine rings is 2. The molecule has 1 aliphatic carbocycles. The van der Waals surface area contributed by atoms with Crippen molar-refractivity contribution in [1.29, 1.82) is 0 Å². The van der Waals surface area contributed by atoms with E-state index < -0.39 is 84.1 Å². The number of aromatic nitrogens is 9. The molecule has 3 amide bonds. The average Bonchev–Trinajstić information content (AvgIpc) is 1.63. The molecule has 0 unspecified atom stereocenters. The highest BCUT2D eigenvalue weighted by Gasteiger charge is 2.54. The summed E-state index contributed by atoms with van der Waals surface area (Å²) in [6.45, 7) is 21.2. The Morgan fingerprint density at radius 2 is 1.46 bits per heavy atom. The number of Topliss-reactive ketones (excluding diaryl/α,β-unsaturated/α-hetero) is 2. The molecule has 0 spiro atoms. The number of methoxy groups -OCH3 is 3. The molecule has 36 heteroatoms. The fourth-order valence-corrected chi connectivity index (χ4v) is 20.5. The van der Waals surface area contributed by atoms with Crippen LogP contribution in [0.4, 0.5) is 23.7 Å². The van der Waals surface area contributed by atoms with Crippen molar-refractivity contribution in [2.75, 3.05) is 128 Å². The molecule has 5 aromatic heterocycles. The van der Waals surface area contributed by atoms with Gasteiger partial charge in [0.05, 0.1) is 73.4 Å². The van der Waals surface area contributed by atoms with Crippen LogP contribution >= 0.6 is 0 Å². The van der Waals surface area contributed by atoms with E-state index in [0.717, 1.165) is 46.5 Å². The Bertz CT molecular complexity index is 5790. The number of nitrogen functional groups attached to an aromatic ring is 2. The number of carbonyl (C=O) groups is 6. The molecule has 8 N–H and O–H groups in total. The number of rotatable bonds is 24. The second-order valence-electron chi connectivity index (χ2n) is 38.9. The van der Waals surface area contributed by atoms with Gasteiger partial charge < -0.3 is 94.1 Å². The molecule has 36 nitrogen and oxygen atoms in total. The number of oxime groups is 1. The van der Waals surface area contributed by atoms with E-state index in [9.17, 15) is 49.2 Å². The van der Waals surface area contributed by atoms with E-state index in [-0.39, 0.29) is 97.8 Å². The molecule has 0 radical (unpaired) electrons. The number of anilines is 4. The predicted octanol–water partition coefficient (Wildman–Crippen LogP) is 10.5. The fourth-order valence-electron chi connectivity index (χ4n) is 20.5. The minimum Gasteiger partial charge on any atom is -0.460 e. The molecule has 140 heavy (non-hydrogen) atoms. The zero-order valence-corrected chi connectivity index (χ0v) is 82.0. The van der Waals surface area contributed by atoms with Crippen LogP contribution in [0.15, 0.2) is 149 Å². The molecule has 11 heterocycles. The van der Waals surface area contributed by atoms with E-state index in [1.165, 1.54) is 18.3 Å². The Balaban J connectivity index is 0.507. The number of aryl methyl sites for hydroxylation is 1. The van der Waals surface area contributed by atoms with Gasteiger partial charge in [-0.1, -0.05) is 107 Å². The third kappa shape index (κ3) is 25.1. The number of carbonyl (C=O) groups excluding carboxylic acids is 6. The number of hydrogen-bond acceptors (Lipinski definition) is 32. The lowest BCUT2D eigenvalue weighted by atomic mass is 9.78. The summed E-state index contributed by atoms with van der Waals surface area (Å²) in [4.78, 5) is 135. The van der Waals surface area contributed by atoms with Gasteiger partial charge in [-0.15, -0.1) is 0 Å². The lowest BCUT2D eigenvalue weighted by Gasteiger charge is -2.43. The van der Waals surface area contributed by atoms with Crippen molar-refractivity contribution in [1.82, 2.24) is 64.3 Å². The molecule has 15 rings (SSSR count). The monoisotopic (exact) mass is 1930 g/mol. The first-order valence-electron chi connectivity index (χ1n) is 49.4. The topological polar surface area (TPSA) is 453 Å². The van der Waals surface area contributed by atoms with Crippen LogP contribution in [-0.4, -0.2) is 293 Å². The average molecular weight is 1930 g/mol. The quantitative estimate of drug-likeness (QED) is 0.00817. The van der Waals surface area contributed by atoms with Gasteiger partial charge in [0.15, 0.2) is 22.8 Å². The van der Waals surface area contributed by atoms with Crippen molar-refractivity contribution in [3.8, 4) is 17.0 Å². The van der Waals surface area contributed by atoms with Crippen LogP contribution in [0.5, 0.6) is 5.75 Å². The van der Waals surface area contributed by atoms with Crippen molar-refractivity contribution in [2.45, 2.75) is 225 Å². The lowest BCUT2D eigenvalue weighted by molar-refractivity contribution is -0.265. The van der Waals surface area contributed by atoms with Gasteiger partial charge in [0.1, 0.15) is 47.7 Å². The maximum absolute atomic E-state index is 14.8. The van der Waals surface area contributed by atoms with Crippen molar-refractivity contribution < 1.29 is 86.9 Å². The smallest absolute Gasteiger partial charge is 0.329 e. The van der Waals surface area contributed by atoms with E-state index in [1.807, 2.05) is 83.5 Å². The van der Waals surface area contributed by atoms with Gasteiger partial charge >= 0.3 is 5.97 Å². The van der Waals surface area contributed by atoms with E-state index in [1.54, 1.807) is 89.3 Å². The third-order valence-electron chi connectivity index (χ3n) is 29.0. The molecule has 16 atom stereocenters. The van der Waals surface area contributed by atoms with Crippen molar-refractivity contribution in [3.05, 3.63) is 173 Å². The molecular formula is C104H136N18O18. The second-order valence-corrected chi connectivity index (χ2v) is 38.9. The van der Waals surface area contributed by atoms with Crippen molar-refractivity contribution >= 4 is 86.8 Å². The van der Waals surface area contributed by atoms with Crippen LogP contribution in [0.1, 0.15) is 181 Å². The van der Waals surface area contributed by atoms with E-state index in [0.29, 0.717) is 217 Å². The van der Waals surface area contributed by atoms with Gasteiger partial charge in [-0.25, -0.2) is 39.4 Å². The van der Waals surface area contributed by atoms with E-state index >= 15 is 0 Å². The number of cyclic esters (lactones) is 1. The molecule has 750 valence electrons. The molecule has 6 aliphatic heterocycles. The summed E-state index contributed by atoms with van der Waals surface area (Å²) in [6.07, 6.45) is 19.9. The number of aliphatic hydroxyl groups is 4. The highest BCUT2D eigenvalue weighted by molar-refractivity contribution is 6.39. The maximum Gasteiger partial charge on any atom is 0.329 e. The Kier molecular flexibility index (Phi) is 34.6. The van der Waals surface area contributed by atoms with Gasteiger partial charge in [-0.3, -0.25) is 28.9 Å². The van der Waals surface area contributed by atoms with Gasteiger partial charge in [0.2, 0.25) is 23.6 Å². The molecule has 8 aromatic rings. The SMILES string of the molecule is CO[C@H]1C[C@@H]2CC[C@@H](C)[C@@](O)(O2)C(=O)C(=O)N2CCCC[C@H]2C(=O)O[C@H]([C@H](C)C[C@@H]2CC[C@@H](O)[C@H](OC)C2)C[C@@H](O)[C@H](C)/C=C(\C)[C@@H](O)[C@@H](OC)C(=NOc2cccc(C(=O)CCc3cnc(N4CCN(C(=O)CCOCCN5CCN(c6ncc(C(=O)N7CCc8cc(Cn9nc(-c%10ccc%11oc(N)nc%11c%10)c%10c(N)ncnc%109)ccc8C7)cn6)CC5)CC4)nc3)c2)[C@H](C)C[C@H](C)/C=C/C=C/C=C/1C. The zero-order chi connectivity index (χ0) is 99.0. The largest absolute Gasteiger partial charge is 0.460 e. The first-order chi connectivity index (χ1) is 67.5. The van der Waals surface area contributed by atoms with Crippen LogP contribution in [0.3, 0.4) is 0 Å². The number of piperidine rings is 1. The number of nitrogens with zero attached hydrogens (tertiary/aromatic N) is 16. The normalized spacial score (nSPS) is 27.8. The van der Waals surface area contributed by atoms with Crippen LogP contribution in [-0.2, 0) is 73.5 Å². The first-order valence-corrected chi connectivity index (χ1v) is 49.4. The van der Waals surface area contributed by atoms with Gasteiger partial charge in [-0.05, 0) is 172 Å². The summed E-state index contributed by atoms with van der Waals surface area (Å²) in [7, 11) is 4.64. The minimum atomic E-state index is -2.47. The van der Waals surface area contributed by atoms with Crippen molar-refractivity contribution in [3.63, 3.8) is 0 Å². The second kappa shape index (κ2) is 47.2. The molecule has 5 fully saturated rings. The van der Waals surface area contributed by atoms with Gasteiger partial charge in [-0.2, -0.15) is 10.1 Å². The molecule has 4 saturated heterocycles. The lowest BCUT2D eigenvalue weighted by Crippen LogP contribution is -2.61. The van der Waals surface area contributed by atoms with Crippen molar-refractivity contribution in [2.24, 2.45) is 40.7 Å². The summed E-state index contributed by atoms with van der Waals surface area (Å²) in [5, 5.41) is 58.1. The zero-order valence-electron chi connectivity index (χ0n) is 82.0. The number of ketones is 2. The summed E-state index contributed by atoms with van der Waals surface area (Å²) in [5.41, 5.74) is 22.0. The third-order valence-corrected chi connectivity index (χ3v) is 29.0. The summed E-state index contributed by atoms with van der Waals surface area (Å²) < 4.78 is 43.9. The Morgan fingerprint density at radius 1 is 0.700 bits per heavy atom. The number of allylic oxidation sites excluding steroid dienone is 5. The number of benzene rings is 3. The summed E-state index contributed by atoms with van der Waals surface area (Å²) in [6, 6.07) is 17.5. The van der Waals surface area contributed by atoms with Crippen LogP contribution in [0.2, 0.25) is 0 Å². The highest BCUT2D eigenvalue weighted by Crippen LogP contribution is 2.41. The Morgan fingerprint density at radius 3 is 2.21 bits per heavy atom. The first kappa shape index (κ1) is 103. The van der Waals surface area contributed by atoms with E-state index in [4.69, 9.17) is 59.4 Å². The number of nitrogens with two attached hydrogens (primary N) is 2. The number of ether oxygens (including phenoxy) is 6. The Hall–Kier alpha value is -11.7. The van der Waals surface area contributed by atoms with E-state index in [2.05, 4.69) is 75.9 Å². The van der Waals surface area contributed by atoms with Gasteiger partial charge in [0.25, 0.3) is 23.6 Å². The number of hydrogen-bond donors (Lipinski definition) is 6. The maximum atomic E-state index is 14.8. The minimum absolute atomic E-state index is 0.0239. The molecule has 7 aliphatic rings. The predicted molar refractivity (Wildman–Crippen MR) is 526 cm³/mol. The fraction of sp³-hybridized carbons (Fsp3) is 0.548.